The molecule has 0 fully saturated rings. The molecular weight excluding hydrogens is 320 g/mol. The lowest BCUT2D eigenvalue weighted by Crippen LogP contribution is -2.26. The molecule has 2 aromatic carbocycles. The molecule has 3 heteroatoms. The Labute approximate surface area is 155 Å². The fourth-order valence-corrected chi connectivity index (χ4v) is 3.10. The molecule has 3 aromatic rings. The molecule has 0 unspecified atom stereocenters. The maximum Gasteiger partial charge on any atom is 0.120 e. The predicted octanol–water partition coefficient (Wildman–Crippen LogP) is 4.96. The van der Waals surface area contributed by atoms with Crippen LogP contribution in [0.15, 0.2) is 80.0 Å². The lowest BCUT2D eigenvalue weighted by Gasteiger charge is -2.18. The monoisotopic (exact) mass is 346 g/mol. The van der Waals surface area contributed by atoms with Gasteiger partial charge >= 0.3 is 0 Å². The van der Waals surface area contributed by atoms with Gasteiger partial charge in [0.25, 0.3) is 0 Å². The van der Waals surface area contributed by atoms with E-state index < -0.39 is 0 Å². The molecule has 0 aliphatic heterocycles. The van der Waals surface area contributed by atoms with E-state index in [9.17, 15) is 0 Å². The highest BCUT2D eigenvalue weighted by atomic mass is 16.5. The lowest BCUT2D eigenvalue weighted by atomic mass is 10.1. The second-order valence-electron chi connectivity index (χ2n) is 6.38. The van der Waals surface area contributed by atoms with Crippen LogP contribution in [0.1, 0.15) is 11.1 Å². The number of hydrogen-bond donors (Lipinski definition) is 1. The molecule has 1 heterocycles. The fourth-order valence-electron chi connectivity index (χ4n) is 3.10. The normalized spacial score (nSPS) is 11.0. The van der Waals surface area contributed by atoms with Crippen LogP contribution in [0.2, 0.25) is 0 Å². The molecule has 134 valence electrons. The van der Waals surface area contributed by atoms with Crippen molar-refractivity contribution in [1.29, 1.82) is 0 Å². The van der Waals surface area contributed by atoms with Gasteiger partial charge in [0, 0.05) is 36.7 Å². The third-order valence-electron chi connectivity index (χ3n) is 4.46. The van der Waals surface area contributed by atoms with Gasteiger partial charge in [-0.25, -0.2) is 0 Å². The van der Waals surface area contributed by atoms with E-state index in [2.05, 4.69) is 53.5 Å². The zero-order chi connectivity index (χ0) is 18.2. The van der Waals surface area contributed by atoms with Crippen LogP contribution in [0, 0.1) is 0 Å². The molecule has 0 spiro atoms. The summed E-state index contributed by atoms with van der Waals surface area (Å²) in [5.74, 6) is 0.899. The summed E-state index contributed by atoms with van der Waals surface area (Å²) in [7, 11) is 0. The van der Waals surface area contributed by atoms with Crippen LogP contribution in [0.5, 0.6) is 5.75 Å². The standard InChI is InChI=1S/C23H26N2O/c1-3-13-25(14-4-2)15-12-20-17-24-23-11-10-21(16-22(20)23)26-18-19-8-6-5-7-9-19/h3-11,16-17,24H,1-2,12-15,18H2. The molecule has 3 rings (SSSR count). The summed E-state index contributed by atoms with van der Waals surface area (Å²) in [6.07, 6.45) is 6.96. The first-order valence-corrected chi connectivity index (χ1v) is 9.01. The van der Waals surface area contributed by atoms with Crippen LogP contribution in [0.25, 0.3) is 10.9 Å². The van der Waals surface area contributed by atoms with Gasteiger partial charge in [0.05, 0.1) is 0 Å². The van der Waals surface area contributed by atoms with Gasteiger partial charge in [-0.1, -0.05) is 42.5 Å². The minimum atomic E-state index is 0.582. The van der Waals surface area contributed by atoms with Crippen molar-refractivity contribution in [3.05, 3.63) is 91.2 Å². The molecule has 3 nitrogen and oxygen atoms in total. The fraction of sp³-hybridized carbons (Fsp3) is 0.217. The van der Waals surface area contributed by atoms with Crippen molar-refractivity contribution >= 4 is 10.9 Å². The summed E-state index contributed by atoms with van der Waals surface area (Å²) in [4.78, 5) is 5.69. The van der Waals surface area contributed by atoms with E-state index in [0.29, 0.717) is 6.61 Å². The van der Waals surface area contributed by atoms with Gasteiger partial charge < -0.3 is 9.72 Å². The molecule has 26 heavy (non-hydrogen) atoms. The van der Waals surface area contributed by atoms with E-state index in [4.69, 9.17) is 4.74 Å². The first-order chi connectivity index (χ1) is 12.8. The Morgan fingerprint density at radius 2 is 1.77 bits per heavy atom. The predicted molar refractivity (Wildman–Crippen MR) is 110 cm³/mol. The summed E-state index contributed by atoms with van der Waals surface area (Å²) in [5.41, 5.74) is 3.63. The first kappa shape index (κ1) is 18.0. The Kier molecular flexibility index (Phi) is 6.29. The third kappa shape index (κ3) is 4.64. The zero-order valence-corrected chi connectivity index (χ0v) is 15.2. The number of aromatic nitrogens is 1. The summed E-state index contributed by atoms with van der Waals surface area (Å²) in [5, 5.41) is 1.23. The van der Waals surface area contributed by atoms with Gasteiger partial charge in [-0.05, 0) is 35.7 Å². The van der Waals surface area contributed by atoms with E-state index in [1.54, 1.807) is 0 Å². The van der Waals surface area contributed by atoms with Gasteiger partial charge in [-0.2, -0.15) is 0 Å². The summed E-state index contributed by atoms with van der Waals surface area (Å²) in [6.45, 7) is 11.0. The van der Waals surface area contributed by atoms with E-state index in [1.165, 1.54) is 16.5 Å². The summed E-state index contributed by atoms with van der Waals surface area (Å²) < 4.78 is 5.98. The number of H-pyrrole nitrogens is 1. The molecule has 0 radical (unpaired) electrons. The van der Waals surface area contributed by atoms with Crippen molar-refractivity contribution in [2.45, 2.75) is 13.0 Å². The van der Waals surface area contributed by atoms with Gasteiger partial charge in [0.15, 0.2) is 0 Å². The Hall–Kier alpha value is -2.78. The molecule has 0 bridgehead atoms. The second kappa shape index (κ2) is 9.07. The maximum absolute atomic E-state index is 5.98. The summed E-state index contributed by atoms with van der Waals surface area (Å²) in [6, 6.07) is 16.5. The van der Waals surface area contributed by atoms with Gasteiger partial charge in [0.1, 0.15) is 12.4 Å². The number of fused-ring (bicyclic) bond motifs is 1. The Balaban J connectivity index is 1.69. The molecule has 0 aliphatic carbocycles. The smallest absolute Gasteiger partial charge is 0.120 e. The van der Waals surface area contributed by atoms with Crippen molar-refractivity contribution in [2.24, 2.45) is 0 Å². The number of hydrogen-bond acceptors (Lipinski definition) is 2. The highest BCUT2D eigenvalue weighted by molar-refractivity contribution is 5.84. The maximum atomic E-state index is 5.98. The van der Waals surface area contributed by atoms with E-state index in [0.717, 1.165) is 37.3 Å². The highest BCUT2D eigenvalue weighted by Gasteiger charge is 2.08. The number of aromatic amines is 1. The molecule has 1 N–H and O–H groups in total. The molecule has 0 saturated carbocycles. The van der Waals surface area contributed by atoms with Crippen LogP contribution >= 0.6 is 0 Å². The highest BCUT2D eigenvalue weighted by Crippen LogP contribution is 2.25. The lowest BCUT2D eigenvalue weighted by molar-refractivity contribution is 0.306. The van der Waals surface area contributed by atoms with Crippen molar-refractivity contribution in [3.63, 3.8) is 0 Å². The third-order valence-corrected chi connectivity index (χ3v) is 4.46. The van der Waals surface area contributed by atoms with E-state index in [-0.39, 0.29) is 0 Å². The minimum absolute atomic E-state index is 0.582. The van der Waals surface area contributed by atoms with Crippen LogP contribution < -0.4 is 4.74 Å². The van der Waals surface area contributed by atoms with Crippen LogP contribution in [0.4, 0.5) is 0 Å². The zero-order valence-electron chi connectivity index (χ0n) is 15.2. The van der Waals surface area contributed by atoms with Gasteiger partial charge in [-0.15, -0.1) is 13.2 Å². The number of rotatable bonds is 10. The molecular formula is C23H26N2O. The Morgan fingerprint density at radius 3 is 2.50 bits per heavy atom. The topological polar surface area (TPSA) is 28.3 Å². The SMILES string of the molecule is C=CCN(CC=C)CCc1c[nH]c2ccc(OCc3ccccc3)cc12. The number of ether oxygens (including phenoxy) is 1. The Morgan fingerprint density at radius 1 is 1.00 bits per heavy atom. The first-order valence-electron chi connectivity index (χ1n) is 9.01. The molecule has 0 amide bonds. The number of nitrogens with zero attached hydrogens (tertiary/aromatic N) is 1. The van der Waals surface area contributed by atoms with Gasteiger partial charge in [0.2, 0.25) is 0 Å². The van der Waals surface area contributed by atoms with Crippen LogP contribution in [0.3, 0.4) is 0 Å². The number of nitrogens with one attached hydrogen (secondary N) is 1. The quantitative estimate of drug-likeness (QED) is 0.525. The summed E-state index contributed by atoms with van der Waals surface area (Å²) >= 11 is 0. The van der Waals surface area contributed by atoms with Crippen molar-refractivity contribution in [1.82, 2.24) is 9.88 Å². The average Bonchev–Trinajstić information content (AvgIpc) is 3.08. The van der Waals surface area contributed by atoms with E-state index >= 15 is 0 Å². The van der Waals surface area contributed by atoms with E-state index in [1.807, 2.05) is 36.4 Å². The Bertz CT molecular complexity index is 841. The average molecular weight is 346 g/mol. The largest absolute Gasteiger partial charge is 0.489 e. The second-order valence-corrected chi connectivity index (χ2v) is 6.38. The molecule has 0 aliphatic rings. The van der Waals surface area contributed by atoms with Gasteiger partial charge in [-0.3, -0.25) is 4.90 Å². The van der Waals surface area contributed by atoms with Crippen molar-refractivity contribution < 1.29 is 4.74 Å². The van der Waals surface area contributed by atoms with Crippen molar-refractivity contribution in [2.75, 3.05) is 19.6 Å². The number of benzene rings is 2. The van der Waals surface area contributed by atoms with Crippen LogP contribution in [-0.2, 0) is 13.0 Å². The van der Waals surface area contributed by atoms with Crippen molar-refractivity contribution in [3.8, 4) is 5.75 Å². The minimum Gasteiger partial charge on any atom is -0.489 e. The molecule has 0 saturated heterocycles. The molecule has 0 atom stereocenters. The van der Waals surface area contributed by atoms with Crippen LogP contribution in [-0.4, -0.2) is 29.5 Å². The molecule has 1 aromatic heterocycles.